The SMILES string of the molecule is NNc1ncccc1C(=O)NCCCC(=O)NC1CC1. The van der Waals surface area contributed by atoms with Crippen LogP contribution in [0.2, 0.25) is 0 Å². The van der Waals surface area contributed by atoms with E-state index in [0.29, 0.717) is 36.8 Å². The third-order valence-corrected chi connectivity index (χ3v) is 3.00. The molecular formula is C13H19N5O2. The molecule has 0 unspecified atom stereocenters. The van der Waals surface area contributed by atoms with Crippen LogP contribution in [0.25, 0.3) is 0 Å². The molecule has 1 aromatic heterocycles. The van der Waals surface area contributed by atoms with Crippen LogP contribution in [-0.2, 0) is 4.79 Å². The van der Waals surface area contributed by atoms with Gasteiger partial charge in [-0.05, 0) is 31.4 Å². The van der Waals surface area contributed by atoms with Gasteiger partial charge in [-0.2, -0.15) is 0 Å². The van der Waals surface area contributed by atoms with Gasteiger partial charge in [0.1, 0.15) is 0 Å². The van der Waals surface area contributed by atoms with E-state index in [1.807, 2.05) is 0 Å². The molecule has 0 spiro atoms. The number of pyridine rings is 1. The van der Waals surface area contributed by atoms with Gasteiger partial charge in [0, 0.05) is 25.2 Å². The van der Waals surface area contributed by atoms with Crippen LogP contribution in [0.3, 0.4) is 0 Å². The molecule has 1 heterocycles. The maximum absolute atomic E-state index is 11.9. The van der Waals surface area contributed by atoms with Crippen molar-refractivity contribution in [1.82, 2.24) is 15.6 Å². The summed E-state index contributed by atoms with van der Waals surface area (Å²) in [4.78, 5) is 27.3. The van der Waals surface area contributed by atoms with Gasteiger partial charge < -0.3 is 16.1 Å². The number of anilines is 1. The van der Waals surface area contributed by atoms with Crippen molar-refractivity contribution >= 4 is 17.6 Å². The number of nitrogen functional groups attached to an aromatic ring is 1. The number of hydrogen-bond acceptors (Lipinski definition) is 5. The molecule has 0 atom stereocenters. The zero-order valence-corrected chi connectivity index (χ0v) is 11.2. The standard InChI is InChI=1S/C13H19N5O2/c14-18-12-10(3-1-7-15-12)13(20)16-8-2-4-11(19)17-9-5-6-9/h1,3,7,9H,2,4-6,8,14H2,(H,15,18)(H,16,20)(H,17,19). The molecule has 20 heavy (non-hydrogen) atoms. The van der Waals surface area contributed by atoms with Crippen LogP contribution in [-0.4, -0.2) is 29.4 Å². The van der Waals surface area contributed by atoms with Crippen LogP contribution in [0, 0.1) is 0 Å². The van der Waals surface area contributed by atoms with Crippen LogP contribution < -0.4 is 21.9 Å². The molecule has 0 aromatic carbocycles. The second-order valence-electron chi connectivity index (χ2n) is 4.75. The number of hydrazine groups is 1. The highest BCUT2D eigenvalue weighted by atomic mass is 16.2. The molecule has 0 radical (unpaired) electrons. The Morgan fingerprint density at radius 1 is 1.40 bits per heavy atom. The average Bonchev–Trinajstić information content (AvgIpc) is 3.27. The zero-order chi connectivity index (χ0) is 14.4. The van der Waals surface area contributed by atoms with Gasteiger partial charge in [-0.1, -0.05) is 0 Å². The largest absolute Gasteiger partial charge is 0.353 e. The quantitative estimate of drug-likeness (QED) is 0.322. The molecule has 1 aliphatic rings. The lowest BCUT2D eigenvalue weighted by Crippen LogP contribution is -2.29. The van der Waals surface area contributed by atoms with Gasteiger partial charge in [-0.15, -0.1) is 0 Å². The van der Waals surface area contributed by atoms with E-state index in [2.05, 4.69) is 21.0 Å². The van der Waals surface area contributed by atoms with Crippen molar-refractivity contribution in [3.8, 4) is 0 Å². The average molecular weight is 277 g/mol. The molecule has 2 rings (SSSR count). The highest BCUT2D eigenvalue weighted by molar-refractivity contribution is 5.98. The molecule has 108 valence electrons. The fourth-order valence-corrected chi connectivity index (χ4v) is 1.78. The fraction of sp³-hybridized carbons (Fsp3) is 0.462. The maximum atomic E-state index is 11.9. The first-order chi connectivity index (χ1) is 9.70. The van der Waals surface area contributed by atoms with Gasteiger partial charge in [0.15, 0.2) is 5.82 Å². The van der Waals surface area contributed by atoms with Gasteiger partial charge in [-0.3, -0.25) is 9.59 Å². The van der Waals surface area contributed by atoms with Crippen LogP contribution in [0.15, 0.2) is 18.3 Å². The topological polar surface area (TPSA) is 109 Å². The lowest BCUT2D eigenvalue weighted by atomic mass is 10.2. The molecule has 7 nitrogen and oxygen atoms in total. The van der Waals surface area contributed by atoms with Crippen molar-refractivity contribution in [2.24, 2.45) is 5.84 Å². The second-order valence-corrected chi connectivity index (χ2v) is 4.75. The number of aromatic nitrogens is 1. The number of carbonyl (C=O) groups excluding carboxylic acids is 2. The van der Waals surface area contributed by atoms with Crippen LogP contribution in [0.5, 0.6) is 0 Å². The molecule has 1 aromatic rings. The monoisotopic (exact) mass is 277 g/mol. The summed E-state index contributed by atoms with van der Waals surface area (Å²) in [5.41, 5.74) is 2.76. The molecule has 0 aliphatic heterocycles. The Labute approximate surface area is 117 Å². The van der Waals surface area contributed by atoms with E-state index >= 15 is 0 Å². The number of amides is 2. The number of rotatable bonds is 7. The van der Waals surface area contributed by atoms with E-state index in [9.17, 15) is 9.59 Å². The minimum Gasteiger partial charge on any atom is -0.353 e. The number of nitrogens with zero attached hydrogens (tertiary/aromatic N) is 1. The second kappa shape index (κ2) is 6.85. The number of hydrogen-bond donors (Lipinski definition) is 4. The first-order valence-corrected chi connectivity index (χ1v) is 6.70. The third-order valence-electron chi connectivity index (χ3n) is 3.00. The molecule has 7 heteroatoms. The predicted molar refractivity (Wildman–Crippen MR) is 74.8 cm³/mol. The zero-order valence-electron chi connectivity index (χ0n) is 11.2. The summed E-state index contributed by atoms with van der Waals surface area (Å²) in [6, 6.07) is 3.68. The Hall–Kier alpha value is -2.15. The van der Waals surface area contributed by atoms with Crippen LogP contribution >= 0.6 is 0 Å². The molecule has 0 bridgehead atoms. The van der Waals surface area contributed by atoms with Crippen molar-refractivity contribution in [3.05, 3.63) is 23.9 Å². The predicted octanol–water partition coefficient (Wildman–Crippen LogP) is 0.156. The summed E-state index contributed by atoms with van der Waals surface area (Å²) >= 11 is 0. The Bertz CT molecular complexity index is 487. The molecular weight excluding hydrogens is 258 g/mol. The molecule has 1 saturated carbocycles. The molecule has 0 saturated heterocycles. The van der Waals surface area contributed by atoms with Gasteiger partial charge >= 0.3 is 0 Å². The Kier molecular flexibility index (Phi) is 4.89. The van der Waals surface area contributed by atoms with Crippen LogP contribution in [0.1, 0.15) is 36.0 Å². The Morgan fingerprint density at radius 3 is 2.90 bits per heavy atom. The van der Waals surface area contributed by atoms with E-state index in [-0.39, 0.29) is 11.8 Å². The summed E-state index contributed by atoms with van der Waals surface area (Å²) in [6.45, 7) is 0.440. The van der Waals surface area contributed by atoms with Gasteiger partial charge in [0.2, 0.25) is 5.91 Å². The highest BCUT2D eigenvalue weighted by Crippen LogP contribution is 2.18. The normalized spacial score (nSPS) is 13.7. The van der Waals surface area contributed by atoms with E-state index in [1.165, 1.54) is 0 Å². The fourth-order valence-electron chi connectivity index (χ4n) is 1.78. The third kappa shape index (κ3) is 4.20. The van der Waals surface area contributed by atoms with Crippen molar-refractivity contribution < 1.29 is 9.59 Å². The lowest BCUT2D eigenvalue weighted by molar-refractivity contribution is -0.121. The van der Waals surface area contributed by atoms with Crippen molar-refractivity contribution in [1.29, 1.82) is 0 Å². The Morgan fingerprint density at radius 2 is 2.20 bits per heavy atom. The van der Waals surface area contributed by atoms with Crippen LogP contribution in [0.4, 0.5) is 5.82 Å². The molecule has 5 N–H and O–H groups in total. The minimum atomic E-state index is -0.256. The summed E-state index contributed by atoms with van der Waals surface area (Å²) in [7, 11) is 0. The smallest absolute Gasteiger partial charge is 0.255 e. The van der Waals surface area contributed by atoms with Crippen molar-refractivity contribution in [2.75, 3.05) is 12.0 Å². The van der Waals surface area contributed by atoms with Gasteiger partial charge in [0.05, 0.1) is 5.56 Å². The van der Waals surface area contributed by atoms with Crippen molar-refractivity contribution in [3.63, 3.8) is 0 Å². The Balaban J connectivity index is 1.70. The minimum absolute atomic E-state index is 0.0486. The van der Waals surface area contributed by atoms with E-state index in [0.717, 1.165) is 12.8 Å². The van der Waals surface area contributed by atoms with Gasteiger partial charge in [0.25, 0.3) is 5.91 Å². The number of nitrogens with one attached hydrogen (secondary N) is 3. The lowest BCUT2D eigenvalue weighted by Gasteiger charge is -2.08. The van der Waals surface area contributed by atoms with E-state index < -0.39 is 0 Å². The first kappa shape index (κ1) is 14.3. The first-order valence-electron chi connectivity index (χ1n) is 6.70. The summed E-state index contributed by atoms with van der Waals surface area (Å²) in [5, 5.41) is 5.65. The summed E-state index contributed by atoms with van der Waals surface area (Å²) < 4.78 is 0. The number of nitrogens with two attached hydrogens (primary N) is 1. The highest BCUT2D eigenvalue weighted by Gasteiger charge is 2.22. The number of carbonyl (C=O) groups is 2. The summed E-state index contributed by atoms with van der Waals surface area (Å²) in [6.07, 6.45) is 4.74. The molecule has 1 aliphatic carbocycles. The molecule has 2 amide bonds. The maximum Gasteiger partial charge on any atom is 0.255 e. The van der Waals surface area contributed by atoms with E-state index in [1.54, 1.807) is 18.3 Å². The molecule has 1 fully saturated rings. The van der Waals surface area contributed by atoms with E-state index in [4.69, 9.17) is 5.84 Å². The summed E-state index contributed by atoms with van der Waals surface area (Å²) in [5.74, 6) is 5.41. The van der Waals surface area contributed by atoms with Crippen molar-refractivity contribution in [2.45, 2.75) is 31.7 Å². The van der Waals surface area contributed by atoms with Gasteiger partial charge in [-0.25, -0.2) is 10.8 Å².